The molecular weight excluding hydrogens is 416 g/mol. The van der Waals surface area contributed by atoms with Crippen molar-refractivity contribution in [1.29, 1.82) is 0 Å². The van der Waals surface area contributed by atoms with E-state index in [-0.39, 0.29) is 5.91 Å². The summed E-state index contributed by atoms with van der Waals surface area (Å²) in [7, 11) is 0. The lowest BCUT2D eigenvalue weighted by Crippen LogP contribution is -2.56. The van der Waals surface area contributed by atoms with Gasteiger partial charge in [-0.15, -0.1) is 0 Å². The molecule has 164 valence electrons. The van der Waals surface area contributed by atoms with Crippen LogP contribution < -0.4 is 5.32 Å². The highest BCUT2D eigenvalue weighted by Gasteiger charge is 2.48. The molecule has 0 radical (unpaired) electrons. The first kappa shape index (κ1) is 20.1. The first-order chi connectivity index (χ1) is 15.7. The van der Waals surface area contributed by atoms with Crippen molar-refractivity contribution in [3.05, 3.63) is 60.7 Å². The predicted octanol–water partition coefficient (Wildman–Crippen LogP) is 6.04. The van der Waals surface area contributed by atoms with Gasteiger partial charge in [-0.2, -0.15) is 0 Å². The van der Waals surface area contributed by atoms with Crippen LogP contribution in [0.3, 0.4) is 0 Å². The van der Waals surface area contributed by atoms with Crippen LogP contribution in [0, 0.1) is 23.7 Å². The normalized spacial score (nSPS) is 28.1. The van der Waals surface area contributed by atoms with Crippen molar-refractivity contribution in [2.45, 2.75) is 43.4 Å². The Morgan fingerprint density at radius 3 is 2.09 bits per heavy atom. The molecule has 0 unspecified atom stereocenters. The minimum Gasteiger partial charge on any atom is -0.431 e. The first-order valence-corrected chi connectivity index (χ1v) is 12.8. The number of hydrogen-bond donors (Lipinski definition) is 1. The largest absolute Gasteiger partial charge is 0.431 e. The van der Waals surface area contributed by atoms with Crippen LogP contribution in [0.15, 0.2) is 70.3 Å². The minimum absolute atomic E-state index is 0.105. The highest BCUT2D eigenvalue weighted by atomic mass is 32.2. The van der Waals surface area contributed by atoms with Gasteiger partial charge in [0, 0.05) is 17.2 Å². The summed E-state index contributed by atoms with van der Waals surface area (Å²) in [6.45, 7) is 0. The number of aromatic nitrogens is 1. The van der Waals surface area contributed by atoms with Gasteiger partial charge in [0.25, 0.3) is 5.22 Å². The standard InChI is InChI=1S/C27H28N2O2S/c30-23(28-24-21-12-17-11-18(14-21)15-22(24)13-17)16-32-27-29-25(19-7-3-1-4-8-19)26(31-27)20-9-5-2-6-10-20/h1-10,17-18,21-22,24H,11-16H2,(H,28,30). The Balaban J connectivity index is 1.16. The number of carbonyl (C=O) groups is 1. The number of benzene rings is 2. The molecule has 4 aliphatic carbocycles. The molecule has 0 spiro atoms. The summed E-state index contributed by atoms with van der Waals surface area (Å²) in [5, 5.41) is 3.93. The van der Waals surface area contributed by atoms with Crippen molar-refractivity contribution in [3.63, 3.8) is 0 Å². The zero-order valence-electron chi connectivity index (χ0n) is 18.1. The molecule has 4 saturated carbocycles. The topological polar surface area (TPSA) is 55.1 Å². The fraction of sp³-hybridized carbons (Fsp3) is 0.407. The second-order valence-corrected chi connectivity index (χ2v) is 10.6. The van der Waals surface area contributed by atoms with Gasteiger partial charge in [-0.25, -0.2) is 4.98 Å². The minimum atomic E-state index is 0.105. The summed E-state index contributed by atoms with van der Waals surface area (Å²) < 4.78 is 6.16. The highest BCUT2D eigenvalue weighted by molar-refractivity contribution is 7.99. The number of rotatable bonds is 6. The zero-order chi connectivity index (χ0) is 21.5. The monoisotopic (exact) mass is 444 g/mol. The van der Waals surface area contributed by atoms with Crippen molar-refractivity contribution < 1.29 is 9.21 Å². The van der Waals surface area contributed by atoms with E-state index in [1.54, 1.807) is 0 Å². The molecule has 0 atom stereocenters. The van der Waals surface area contributed by atoms with Crippen LogP contribution in [-0.2, 0) is 4.79 Å². The Hall–Kier alpha value is -2.53. The van der Waals surface area contributed by atoms with Crippen LogP contribution in [-0.4, -0.2) is 22.7 Å². The Kier molecular flexibility index (Phi) is 5.30. The lowest BCUT2D eigenvalue weighted by Gasteiger charge is -2.54. The van der Waals surface area contributed by atoms with Crippen LogP contribution >= 0.6 is 11.8 Å². The van der Waals surface area contributed by atoms with Gasteiger partial charge in [0.1, 0.15) is 5.69 Å². The molecule has 1 amide bonds. The molecule has 4 aliphatic rings. The van der Waals surface area contributed by atoms with E-state index in [1.807, 2.05) is 60.7 Å². The van der Waals surface area contributed by atoms with Crippen molar-refractivity contribution >= 4 is 17.7 Å². The van der Waals surface area contributed by atoms with E-state index in [0.717, 1.165) is 34.4 Å². The van der Waals surface area contributed by atoms with E-state index in [2.05, 4.69) is 5.32 Å². The fourth-order valence-corrected chi connectivity index (χ4v) is 7.09. The molecule has 1 N–H and O–H groups in total. The third-order valence-corrected chi connectivity index (χ3v) is 8.40. The Labute approximate surface area is 193 Å². The van der Waals surface area contributed by atoms with E-state index >= 15 is 0 Å². The summed E-state index contributed by atoms with van der Waals surface area (Å²) in [5.74, 6) is 4.41. The summed E-state index contributed by atoms with van der Waals surface area (Å²) in [6, 6.07) is 20.5. The predicted molar refractivity (Wildman–Crippen MR) is 127 cm³/mol. The van der Waals surface area contributed by atoms with Crippen molar-refractivity contribution in [2.24, 2.45) is 23.7 Å². The van der Waals surface area contributed by atoms with E-state index in [1.165, 1.54) is 43.9 Å². The van der Waals surface area contributed by atoms with Gasteiger partial charge in [-0.1, -0.05) is 72.4 Å². The molecule has 4 nitrogen and oxygen atoms in total. The van der Waals surface area contributed by atoms with E-state index in [4.69, 9.17) is 9.40 Å². The van der Waals surface area contributed by atoms with Crippen molar-refractivity contribution in [3.8, 4) is 22.6 Å². The van der Waals surface area contributed by atoms with Gasteiger partial charge < -0.3 is 9.73 Å². The SMILES string of the molecule is O=C(CSc1nc(-c2ccccc2)c(-c2ccccc2)o1)NC1C2CC3CC(C2)CC1C3. The molecule has 32 heavy (non-hydrogen) atoms. The Morgan fingerprint density at radius 2 is 1.47 bits per heavy atom. The molecular formula is C27H28N2O2S. The van der Waals surface area contributed by atoms with Crippen LogP contribution in [0.2, 0.25) is 0 Å². The summed E-state index contributed by atoms with van der Waals surface area (Å²) >= 11 is 1.39. The van der Waals surface area contributed by atoms with Crippen LogP contribution in [0.4, 0.5) is 0 Å². The first-order valence-electron chi connectivity index (χ1n) is 11.8. The number of carbonyl (C=O) groups excluding carboxylic acids is 1. The maximum Gasteiger partial charge on any atom is 0.257 e. The molecule has 1 aromatic heterocycles. The summed E-state index contributed by atoms with van der Waals surface area (Å²) in [6.07, 6.45) is 6.68. The van der Waals surface area contributed by atoms with Gasteiger partial charge in [0.05, 0.1) is 5.75 Å². The quantitative estimate of drug-likeness (QED) is 0.471. The molecule has 3 aromatic rings. The van der Waals surface area contributed by atoms with Crippen molar-refractivity contribution in [2.75, 3.05) is 5.75 Å². The summed E-state index contributed by atoms with van der Waals surface area (Å²) in [4.78, 5) is 17.6. The average molecular weight is 445 g/mol. The molecule has 0 aliphatic heterocycles. The van der Waals surface area contributed by atoms with Crippen LogP contribution in [0.25, 0.3) is 22.6 Å². The molecule has 1 heterocycles. The number of amides is 1. The maximum absolute atomic E-state index is 12.8. The second kappa shape index (κ2) is 8.43. The van der Waals surface area contributed by atoms with Gasteiger partial charge in [-0.05, 0) is 55.8 Å². The van der Waals surface area contributed by atoms with Gasteiger partial charge in [0.2, 0.25) is 5.91 Å². The summed E-state index contributed by atoms with van der Waals surface area (Å²) in [5.41, 5.74) is 2.82. The number of hydrogen-bond acceptors (Lipinski definition) is 4. The van der Waals surface area contributed by atoms with Crippen LogP contribution in [0.5, 0.6) is 0 Å². The lowest BCUT2D eigenvalue weighted by atomic mass is 9.54. The molecule has 5 heteroatoms. The van der Waals surface area contributed by atoms with Crippen LogP contribution in [0.1, 0.15) is 32.1 Å². The van der Waals surface area contributed by atoms with E-state index in [0.29, 0.717) is 28.9 Å². The van der Waals surface area contributed by atoms with E-state index in [9.17, 15) is 4.79 Å². The number of nitrogens with zero attached hydrogens (tertiary/aromatic N) is 1. The molecule has 0 saturated heterocycles. The Bertz CT molecular complexity index is 1010. The smallest absolute Gasteiger partial charge is 0.257 e. The van der Waals surface area contributed by atoms with Gasteiger partial charge in [0.15, 0.2) is 5.76 Å². The van der Waals surface area contributed by atoms with Gasteiger partial charge >= 0.3 is 0 Å². The number of thioether (sulfide) groups is 1. The number of nitrogens with one attached hydrogen (secondary N) is 1. The fourth-order valence-electron chi connectivity index (χ4n) is 6.45. The average Bonchev–Trinajstić information content (AvgIpc) is 3.25. The third kappa shape index (κ3) is 3.88. The zero-order valence-corrected chi connectivity index (χ0v) is 18.9. The molecule has 4 bridgehead atoms. The third-order valence-electron chi connectivity index (χ3n) is 7.57. The van der Waals surface area contributed by atoms with E-state index < -0.39 is 0 Å². The van der Waals surface area contributed by atoms with Gasteiger partial charge in [-0.3, -0.25) is 4.79 Å². The van der Waals surface area contributed by atoms with Crippen molar-refractivity contribution in [1.82, 2.24) is 10.3 Å². The lowest BCUT2D eigenvalue weighted by molar-refractivity contribution is -0.122. The molecule has 4 fully saturated rings. The highest BCUT2D eigenvalue weighted by Crippen LogP contribution is 2.53. The second-order valence-electron chi connectivity index (χ2n) is 9.70. The Morgan fingerprint density at radius 1 is 0.875 bits per heavy atom. The molecule has 2 aromatic carbocycles. The molecule has 7 rings (SSSR count). The number of oxazole rings is 1. The maximum atomic E-state index is 12.8.